The van der Waals surface area contributed by atoms with Crippen LogP contribution >= 0.6 is 0 Å². The van der Waals surface area contributed by atoms with Crippen LogP contribution in [0.3, 0.4) is 0 Å². The summed E-state index contributed by atoms with van der Waals surface area (Å²) in [5.41, 5.74) is 0. The molecular formula is C67H112O6. The van der Waals surface area contributed by atoms with E-state index in [1.165, 1.54) is 141 Å². The molecule has 0 aromatic carbocycles. The van der Waals surface area contributed by atoms with Gasteiger partial charge >= 0.3 is 17.9 Å². The van der Waals surface area contributed by atoms with E-state index in [2.05, 4.69) is 124 Å². The molecule has 6 nitrogen and oxygen atoms in total. The first kappa shape index (κ1) is 69.1. The predicted molar refractivity (Wildman–Crippen MR) is 316 cm³/mol. The third-order valence-corrected chi connectivity index (χ3v) is 12.8. The summed E-state index contributed by atoms with van der Waals surface area (Å²) in [6, 6.07) is 0. The third kappa shape index (κ3) is 58.8. The lowest BCUT2D eigenvalue weighted by molar-refractivity contribution is -0.166. The lowest BCUT2D eigenvalue weighted by Gasteiger charge is -2.18. The molecule has 1 atom stereocenters. The number of hydrogen-bond acceptors (Lipinski definition) is 6. The molecule has 0 rings (SSSR count). The molecule has 0 heterocycles. The van der Waals surface area contributed by atoms with E-state index in [0.717, 1.165) is 89.9 Å². The van der Waals surface area contributed by atoms with Crippen molar-refractivity contribution in [3.8, 4) is 0 Å². The van der Waals surface area contributed by atoms with Crippen molar-refractivity contribution in [2.75, 3.05) is 13.2 Å². The molecule has 0 aromatic heterocycles. The second-order valence-corrected chi connectivity index (χ2v) is 19.9. The van der Waals surface area contributed by atoms with Crippen LogP contribution in [-0.2, 0) is 28.6 Å². The first-order valence-corrected chi connectivity index (χ1v) is 30.4. The van der Waals surface area contributed by atoms with Crippen molar-refractivity contribution >= 4 is 17.9 Å². The monoisotopic (exact) mass is 1010 g/mol. The second kappa shape index (κ2) is 60.6. The first-order valence-electron chi connectivity index (χ1n) is 30.4. The Labute approximate surface area is 450 Å². The number of unbranched alkanes of at least 4 members (excludes halogenated alkanes) is 25. The molecule has 0 bridgehead atoms. The molecular weight excluding hydrogens is 901 g/mol. The largest absolute Gasteiger partial charge is 0.462 e. The maximum absolute atomic E-state index is 12.9. The summed E-state index contributed by atoms with van der Waals surface area (Å²) in [7, 11) is 0. The highest BCUT2D eigenvalue weighted by molar-refractivity contribution is 5.71. The maximum atomic E-state index is 12.9. The van der Waals surface area contributed by atoms with Crippen LogP contribution in [0.15, 0.2) is 109 Å². The Morgan fingerprint density at radius 3 is 0.877 bits per heavy atom. The van der Waals surface area contributed by atoms with Gasteiger partial charge in [-0.05, 0) is 103 Å². The molecule has 0 unspecified atom stereocenters. The van der Waals surface area contributed by atoms with Gasteiger partial charge in [0, 0.05) is 19.3 Å². The fourth-order valence-corrected chi connectivity index (χ4v) is 8.17. The number of carbonyl (C=O) groups excluding carboxylic acids is 3. The molecule has 0 fully saturated rings. The van der Waals surface area contributed by atoms with E-state index in [-0.39, 0.29) is 37.5 Å². The molecule has 73 heavy (non-hydrogen) atoms. The van der Waals surface area contributed by atoms with Crippen molar-refractivity contribution in [3.63, 3.8) is 0 Å². The van der Waals surface area contributed by atoms with Gasteiger partial charge in [-0.15, -0.1) is 0 Å². The van der Waals surface area contributed by atoms with Crippen LogP contribution in [0.5, 0.6) is 0 Å². The Kier molecular flexibility index (Phi) is 57.4. The molecule has 0 saturated carbocycles. The maximum Gasteiger partial charge on any atom is 0.306 e. The molecule has 0 aliphatic heterocycles. The highest BCUT2D eigenvalue weighted by Gasteiger charge is 2.19. The average Bonchev–Trinajstić information content (AvgIpc) is 3.39. The summed E-state index contributed by atoms with van der Waals surface area (Å²) in [6.45, 7) is 6.51. The number of rotatable bonds is 54. The summed E-state index contributed by atoms with van der Waals surface area (Å²) < 4.78 is 16.8. The zero-order chi connectivity index (χ0) is 52.9. The highest BCUT2D eigenvalue weighted by atomic mass is 16.6. The van der Waals surface area contributed by atoms with Gasteiger partial charge < -0.3 is 14.2 Å². The molecule has 0 N–H and O–H groups in total. The fraction of sp³-hybridized carbons (Fsp3) is 0.687. The van der Waals surface area contributed by atoms with Crippen molar-refractivity contribution in [3.05, 3.63) is 109 Å². The van der Waals surface area contributed by atoms with Gasteiger partial charge in [0.2, 0.25) is 0 Å². The van der Waals surface area contributed by atoms with Gasteiger partial charge in [-0.2, -0.15) is 0 Å². The topological polar surface area (TPSA) is 78.9 Å². The van der Waals surface area contributed by atoms with E-state index >= 15 is 0 Å². The molecule has 0 aromatic rings. The summed E-state index contributed by atoms with van der Waals surface area (Å²) in [5, 5.41) is 0. The van der Waals surface area contributed by atoms with E-state index in [9.17, 15) is 14.4 Å². The van der Waals surface area contributed by atoms with E-state index in [4.69, 9.17) is 14.2 Å². The highest BCUT2D eigenvalue weighted by Crippen LogP contribution is 2.15. The Balaban J connectivity index is 4.55. The minimum Gasteiger partial charge on any atom is -0.462 e. The molecule has 416 valence electrons. The van der Waals surface area contributed by atoms with E-state index in [0.29, 0.717) is 19.3 Å². The molecule has 0 aliphatic carbocycles. The van der Waals surface area contributed by atoms with Crippen molar-refractivity contribution in [1.29, 1.82) is 0 Å². The fourth-order valence-electron chi connectivity index (χ4n) is 8.17. The van der Waals surface area contributed by atoms with Crippen LogP contribution in [0.1, 0.15) is 278 Å². The van der Waals surface area contributed by atoms with Crippen LogP contribution in [0.4, 0.5) is 0 Å². The van der Waals surface area contributed by atoms with Crippen molar-refractivity contribution in [2.45, 2.75) is 284 Å². The summed E-state index contributed by atoms with van der Waals surface area (Å²) >= 11 is 0. The van der Waals surface area contributed by atoms with Gasteiger partial charge in [-0.3, -0.25) is 14.4 Å². The average molecular weight is 1010 g/mol. The van der Waals surface area contributed by atoms with Gasteiger partial charge in [0.05, 0.1) is 0 Å². The zero-order valence-electron chi connectivity index (χ0n) is 47.6. The minimum absolute atomic E-state index is 0.117. The smallest absolute Gasteiger partial charge is 0.306 e. The van der Waals surface area contributed by atoms with Crippen molar-refractivity contribution in [1.82, 2.24) is 0 Å². The predicted octanol–water partition coefficient (Wildman–Crippen LogP) is 20.7. The molecule has 6 heteroatoms. The number of hydrogen-bond donors (Lipinski definition) is 0. The third-order valence-electron chi connectivity index (χ3n) is 12.8. The van der Waals surface area contributed by atoms with Crippen molar-refractivity contribution in [2.24, 2.45) is 0 Å². The Morgan fingerprint density at radius 2 is 0.521 bits per heavy atom. The molecule has 0 radical (unpaired) electrons. The van der Waals surface area contributed by atoms with E-state index < -0.39 is 6.10 Å². The number of carbonyl (C=O) groups is 3. The van der Waals surface area contributed by atoms with Crippen LogP contribution in [0, 0.1) is 0 Å². The van der Waals surface area contributed by atoms with E-state index in [1.54, 1.807) is 0 Å². The normalized spacial score (nSPS) is 12.9. The first-order chi connectivity index (χ1) is 36.0. The lowest BCUT2D eigenvalue weighted by Crippen LogP contribution is -2.30. The SMILES string of the molecule is CCCCC/C=C\C/C=C\C/C=C\C/C=C\C/C=C\CCC(=O)OC[C@H](COC(=O)CCCCC/C=C\C/C=C\C/C=C\C/C=C\CCCCC)OC(=O)CCCCCCCCCCCCCCCCCCC. The minimum atomic E-state index is -0.823. The van der Waals surface area contributed by atoms with Gasteiger partial charge in [0.25, 0.3) is 0 Å². The standard InChI is InChI=1S/C67H112O6/c1-4-7-10-13-16-19-22-25-28-31-33-36-38-41-44-47-50-53-56-59-65(68)71-62-64(73-67(70)61-58-55-52-49-46-43-40-35-30-27-24-21-18-15-12-9-6-3)63-72-66(69)60-57-54-51-48-45-42-39-37-34-32-29-26-23-20-17-14-11-8-5-2/h16-17,19-20,25-26,28-29,33-34,36-37,41-42,44-45,50,53,64H,4-15,18,21-24,27,30-32,35,38-40,43,46-49,51-52,54-63H2,1-3H3/b19-16-,20-17-,28-25-,29-26-,36-33-,37-34-,44-41-,45-42-,53-50-/t64-/m1/s1. The Morgan fingerprint density at radius 1 is 0.274 bits per heavy atom. The summed E-state index contributed by atoms with van der Waals surface area (Å²) in [5.74, 6) is -1.02. The Hall–Kier alpha value is -3.93. The van der Waals surface area contributed by atoms with E-state index in [1.807, 2.05) is 6.08 Å². The van der Waals surface area contributed by atoms with Crippen LogP contribution in [-0.4, -0.2) is 37.2 Å². The summed E-state index contributed by atoms with van der Waals surface area (Å²) in [6.07, 6.45) is 82.3. The van der Waals surface area contributed by atoms with Crippen LogP contribution in [0.25, 0.3) is 0 Å². The number of allylic oxidation sites excluding steroid dienone is 18. The van der Waals surface area contributed by atoms with Crippen LogP contribution in [0.2, 0.25) is 0 Å². The molecule has 0 saturated heterocycles. The van der Waals surface area contributed by atoms with Crippen LogP contribution < -0.4 is 0 Å². The van der Waals surface area contributed by atoms with Gasteiger partial charge in [-0.25, -0.2) is 0 Å². The molecule has 0 amide bonds. The van der Waals surface area contributed by atoms with Crippen molar-refractivity contribution < 1.29 is 28.6 Å². The zero-order valence-corrected chi connectivity index (χ0v) is 47.6. The summed E-state index contributed by atoms with van der Waals surface area (Å²) in [4.78, 5) is 38.2. The quantitative estimate of drug-likeness (QED) is 0.0261. The van der Waals surface area contributed by atoms with Gasteiger partial charge in [0.15, 0.2) is 6.10 Å². The van der Waals surface area contributed by atoms with Gasteiger partial charge in [-0.1, -0.05) is 265 Å². The second-order valence-electron chi connectivity index (χ2n) is 19.9. The lowest BCUT2D eigenvalue weighted by atomic mass is 10.0. The Bertz CT molecular complexity index is 1490. The van der Waals surface area contributed by atoms with Gasteiger partial charge in [0.1, 0.15) is 13.2 Å². The number of ether oxygens (including phenoxy) is 3. The molecule has 0 aliphatic rings. The molecule has 0 spiro atoms. The number of esters is 3.